The Morgan fingerprint density at radius 1 is 1.10 bits per heavy atom. The standard InChI is InChI=1S/C31H41N3O5S/c1-29-12-9-23(35)20-22(29)7-8-24-25(29)10-13-30(2)26(24)11-14-31(30,39-40(3,37)38)27(36)21-33-16-18-34(19-17-33)28-6-4-5-15-32-28/h4-6,10,15,20,24,26H,7-9,11-14,16-19,21H2,1-3H3/t24-,26+,29+,30+,31-/m1/s1. The molecule has 1 saturated heterocycles. The number of carbonyl (C=O) groups is 2. The molecule has 0 bridgehead atoms. The van der Waals surface area contributed by atoms with Gasteiger partial charge >= 0.3 is 0 Å². The summed E-state index contributed by atoms with van der Waals surface area (Å²) in [6.45, 7) is 7.48. The fourth-order valence-electron chi connectivity index (χ4n) is 8.76. The Balaban J connectivity index is 1.26. The number of rotatable bonds is 6. The van der Waals surface area contributed by atoms with Gasteiger partial charge in [-0.25, -0.2) is 4.98 Å². The van der Waals surface area contributed by atoms with E-state index in [0.717, 1.165) is 50.8 Å². The zero-order valence-electron chi connectivity index (χ0n) is 23.9. The van der Waals surface area contributed by atoms with E-state index in [1.807, 2.05) is 24.3 Å². The van der Waals surface area contributed by atoms with Gasteiger partial charge in [0.05, 0.1) is 12.8 Å². The lowest BCUT2D eigenvalue weighted by molar-refractivity contribution is -0.148. The molecule has 216 valence electrons. The number of piperazine rings is 1. The molecule has 5 atom stereocenters. The van der Waals surface area contributed by atoms with Gasteiger partial charge in [0.2, 0.25) is 0 Å². The Hall–Kier alpha value is -2.36. The highest BCUT2D eigenvalue weighted by Gasteiger charge is 2.67. The van der Waals surface area contributed by atoms with Crippen LogP contribution in [0.1, 0.15) is 58.8 Å². The average molecular weight is 568 g/mol. The van der Waals surface area contributed by atoms with Gasteiger partial charge in [0.25, 0.3) is 10.1 Å². The lowest BCUT2D eigenvalue weighted by Gasteiger charge is -2.55. The molecule has 1 aliphatic heterocycles. The van der Waals surface area contributed by atoms with Gasteiger partial charge in [-0.05, 0) is 68.6 Å². The summed E-state index contributed by atoms with van der Waals surface area (Å²) < 4.78 is 31.4. The minimum Gasteiger partial charge on any atom is -0.354 e. The summed E-state index contributed by atoms with van der Waals surface area (Å²) in [4.78, 5) is 35.3. The van der Waals surface area contributed by atoms with E-state index >= 15 is 0 Å². The number of allylic oxidation sites excluding steroid dienone is 4. The third-order valence-electron chi connectivity index (χ3n) is 10.9. The number of carbonyl (C=O) groups excluding carboxylic acids is 2. The molecule has 8 nitrogen and oxygen atoms in total. The summed E-state index contributed by atoms with van der Waals surface area (Å²) in [5, 5.41) is 0. The molecule has 2 saturated carbocycles. The first-order chi connectivity index (χ1) is 19.0. The van der Waals surface area contributed by atoms with Crippen LogP contribution in [0.25, 0.3) is 0 Å². The predicted octanol–water partition coefficient (Wildman–Crippen LogP) is 3.94. The first kappa shape index (κ1) is 27.8. The van der Waals surface area contributed by atoms with Crippen molar-refractivity contribution in [1.29, 1.82) is 0 Å². The fraction of sp³-hybridized carbons (Fsp3) is 0.645. The van der Waals surface area contributed by atoms with E-state index in [2.05, 4.69) is 34.7 Å². The highest BCUT2D eigenvalue weighted by Crippen LogP contribution is 2.66. The van der Waals surface area contributed by atoms with Crippen LogP contribution in [0.4, 0.5) is 5.82 Å². The van der Waals surface area contributed by atoms with Crippen molar-refractivity contribution in [2.75, 3.05) is 43.9 Å². The van der Waals surface area contributed by atoms with Crippen molar-refractivity contribution in [1.82, 2.24) is 9.88 Å². The largest absolute Gasteiger partial charge is 0.354 e. The van der Waals surface area contributed by atoms with Crippen molar-refractivity contribution in [3.8, 4) is 0 Å². The van der Waals surface area contributed by atoms with Crippen molar-refractivity contribution in [3.63, 3.8) is 0 Å². The van der Waals surface area contributed by atoms with Gasteiger partial charge in [-0.2, -0.15) is 8.42 Å². The van der Waals surface area contributed by atoms with E-state index in [-0.39, 0.29) is 35.4 Å². The van der Waals surface area contributed by atoms with Gasteiger partial charge in [0, 0.05) is 49.6 Å². The second-order valence-electron chi connectivity index (χ2n) is 13.0. The molecule has 2 heterocycles. The molecule has 0 spiro atoms. The number of Topliss-reactive ketones (excluding diaryl/α,β-unsaturated/α-hetero) is 1. The van der Waals surface area contributed by atoms with Crippen LogP contribution in [0.5, 0.6) is 0 Å². The maximum absolute atomic E-state index is 14.3. The third-order valence-corrected chi connectivity index (χ3v) is 11.5. The molecule has 5 aliphatic rings. The topological polar surface area (TPSA) is 96.9 Å². The van der Waals surface area contributed by atoms with Crippen LogP contribution < -0.4 is 4.90 Å². The quantitative estimate of drug-likeness (QED) is 0.377. The molecular weight excluding hydrogens is 526 g/mol. The van der Waals surface area contributed by atoms with Gasteiger partial charge in [-0.3, -0.25) is 18.7 Å². The molecule has 0 N–H and O–H groups in total. The molecule has 1 aromatic rings. The van der Waals surface area contributed by atoms with Crippen LogP contribution in [0.2, 0.25) is 0 Å². The predicted molar refractivity (Wildman–Crippen MR) is 153 cm³/mol. The van der Waals surface area contributed by atoms with E-state index in [1.54, 1.807) is 6.20 Å². The van der Waals surface area contributed by atoms with Crippen LogP contribution >= 0.6 is 0 Å². The van der Waals surface area contributed by atoms with Gasteiger partial charge in [-0.15, -0.1) is 0 Å². The van der Waals surface area contributed by atoms with Crippen molar-refractivity contribution in [2.45, 2.75) is 64.4 Å². The Bertz CT molecular complexity index is 1370. The summed E-state index contributed by atoms with van der Waals surface area (Å²) in [5.74, 6) is 1.48. The van der Waals surface area contributed by atoms with Crippen LogP contribution in [0.15, 0.2) is 47.7 Å². The summed E-state index contributed by atoms with van der Waals surface area (Å²) >= 11 is 0. The van der Waals surface area contributed by atoms with E-state index in [1.165, 1.54) is 11.1 Å². The van der Waals surface area contributed by atoms with Gasteiger partial charge in [-0.1, -0.05) is 37.1 Å². The number of ketones is 2. The molecule has 40 heavy (non-hydrogen) atoms. The molecule has 0 amide bonds. The molecule has 0 aromatic carbocycles. The lowest BCUT2D eigenvalue weighted by atomic mass is 9.50. The smallest absolute Gasteiger partial charge is 0.265 e. The van der Waals surface area contributed by atoms with Crippen molar-refractivity contribution in [3.05, 3.63) is 47.7 Å². The maximum atomic E-state index is 14.3. The highest BCUT2D eigenvalue weighted by atomic mass is 32.2. The van der Waals surface area contributed by atoms with E-state index in [9.17, 15) is 18.0 Å². The van der Waals surface area contributed by atoms with Crippen molar-refractivity contribution in [2.24, 2.45) is 22.7 Å². The number of fused-ring (bicyclic) bond motifs is 5. The zero-order valence-corrected chi connectivity index (χ0v) is 24.7. The molecular formula is C31H41N3O5S. The number of aromatic nitrogens is 1. The molecule has 6 rings (SSSR count). The van der Waals surface area contributed by atoms with Gasteiger partial charge < -0.3 is 4.90 Å². The second kappa shape index (κ2) is 9.88. The highest BCUT2D eigenvalue weighted by molar-refractivity contribution is 7.86. The number of anilines is 1. The average Bonchev–Trinajstić information content (AvgIpc) is 3.21. The van der Waals surface area contributed by atoms with Crippen molar-refractivity contribution >= 4 is 27.5 Å². The van der Waals surface area contributed by atoms with Crippen molar-refractivity contribution < 1.29 is 22.2 Å². The first-order valence-electron chi connectivity index (χ1n) is 14.7. The fourth-order valence-corrected chi connectivity index (χ4v) is 9.64. The molecule has 4 aliphatic carbocycles. The number of hydrogen-bond acceptors (Lipinski definition) is 8. The van der Waals surface area contributed by atoms with Gasteiger partial charge in [0.1, 0.15) is 5.82 Å². The Morgan fingerprint density at radius 2 is 1.88 bits per heavy atom. The number of hydrogen-bond donors (Lipinski definition) is 0. The van der Waals surface area contributed by atoms with Crippen LogP contribution in [-0.4, -0.2) is 74.4 Å². The third kappa shape index (κ3) is 4.49. The Labute approximate surface area is 238 Å². The zero-order chi connectivity index (χ0) is 28.3. The van der Waals surface area contributed by atoms with E-state index in [4.69, 9.17) is 4.18 Å². The summed E-state index contributed by atoms with van der Waals surface area (Å²) in [7, 11) is -3.87. The van der Waals surface area contributed by atoms with E-state index < -0.39 is 21.1 Å². The summed E-state index contributed by atoms with van der Waals surface area (Å²) in [6, 6.07) is 5.87. The molecule has 0 radical (unpaired) electrons. The maximum Gasteiger partial charge on any atom is 0.265 e. The molecule has 1 aromatic heterocycles. The molecule has 3 fully saturated rings. The first-order valence-corrected chi connectivity index (χ1v) is 16.5. The minimum atomic E-state index is -3.87. The summed E-state index contributed by atoms with van der Waals surface area (Å²) in [5.41, 5.74) is 0.545. The van der Waals surface area contributed by atoms with Crippen LogP contribution in [0, 0.1) is 22.7 Å². The van der Waals surface area contributed by atoms with Crippen LogP contribution in [-0.2, 0) is 23.9 Å². The minimum absolute atomic E-state index is 0.113. The Morgan fingerprint density at radius 3 is 2.58 bits per heavy atom. The molecule has 0 unspecified atom stereocenters. The lowest BCUT2D eigenvalue weighted by Crippen LogP contribution is -2.60. The van der Waals surface area contributed by atoms with Crippen LogP contribution in [0.3, 0.4) is 0 Å². The molecule has 9 heteroatoms. The number of pyridine rings is 1. The SMILES string of the molecule is C[C@]12CCC(=O)C=C1CC[C@@H]1C2=CC[C@@]2(C)[C@H]1CC[C@@]2(OS(C)(=O)=O)C(=O)CN1CCN(c2ccccn2)CC1. The number of nitrogens with zero attached hydrogens (tertiary/aromatic N) is 3. The monoisotopic (exact) mass is 567 g/mol. The second-order valence-corrected chi connectivity index (χ2v) is 14.6. The normalized spacial score (nSPS) is 36.3. The van der Waals surface area contributed by atoms with E-state index in [0.29, 0.717) is 32.4 Å². The Kier molecular flexibility index (Phi) is 6.86. The van der Waals surface area contributed by atoms with Gasteiger partial charge in [0.15, 0.2) is 17.2 Å². The summed E-state index contributed by atoms with van der Waals surface area (Å²) in [6.07, 6.45) is 12.0.